The van der Waals surface area contributed by atoms with E-state index in [1.807, 2.05) is 0 Å². The summed E-state index contributed by atoms with van der Waals surface area (Å²) in [7, 11) is 0. The molecule has 1 rings (SSSR count). The number of hydrogen-bond donors (Lipinski definition) is 3. The molecule has 1 fully saturated rings. The van der Waals surface area contributed by atoms with Crippen molar-refractivity contribution in [3.8, 4) is 0 Å². The summed E-state index contributed by atoms with van der Waals surface area (Å²) in [5.74, 6) is 0.541. The van der Waals surface area contributed by atoms with Crippen LogP contribution in [0.3, 0.4) is 0 Å². The summed E-state index contributed by atoms with van der Waals surface area (Å²) >= 11 is 0. The molecule has 0 bridgehead atoms. The van der Waals surface area contributed by atoms with Gasteiger partial charge in [0.15, 0.2) is 0 Å². The number of rotatable bonds is 3. The topological polar surface area (TPSA) is 61.4 Å². The van der Waals surface area contributed by atoms with Crippen LogP contribution < -0.4 is 10.6 Å². The molecule has 0 saturated carbocycles. The third kappa shape index (κ3) is 2.97. The second-order valence-electron chi connectivity index (χ2n) is 3.97. The van der Waals surface area contributed by atoms with E-state index in [9.17, 15) is 4.79 Å². The summed E-state index contributed by atoms with van der Waals surface area (Å²) in [6.45, 7) is 4.77. The SMILES string of the molecule is CC(C)C[C@@H]1N[C@@H](CO)CNC1=O. The second kappa shape index (κ2) is 4.58. The van der Waals surface area contributed by atoms with Gasteiger partial charge in [-0.05, 0) is 12.3 Å². The molecular formula is C9H18N2O2. The highest BCUT2D eigenvalue weighted by atomic mass is 16.3. The molecule has 1 aliphatic rings. The summed E-state index contributed by atoms with van der Waals surface area (Å²) < 4.78 is 0. The molecule has 0 aromatic carbocycles. The molecule has 13 heavy (non-hydrogen) atoms. The van der Waals surface area contributed by atoms with Crippen molar-refractivity contribution in [2.75, 3.05) is 13.2 Å². The Morgan fingerprint density at radius 2 is 2.31 bits per heavy atom. The highest BCUT2D eigenvalue weighted by molar-refractivity contribution is 5.82. The number of hydrogen-bond acceptors (Lipinski definition) is 3. The lowest BCUT2D eigenvalue weighted by molar-refractivity contribution is -0.125. The quantitative estimate of drug-likeness (QED) is 0.556. The van der Waals surface area contributed by atoms with Crippen molar-refractivity contribution in [3.05, 3.63) is 0 Å². The number of aliphatic hydroxyl groups is 1. The van der Waals surface area contributed by atoms with Gasteiger partial charge in [-0.3, -0.25) is 10.1 Å². The first-order valence-electron chi connectivity index (χ1n) is 4.78. The highest BCUT2D eigenvalue weighted by Crippen LogP contribution is 2.07. The van der Waals surface area contributed by atoms with Gasteiger partial charge in [-0.15, -0.1) is 0 Å². The first-order valence-corrected chi connectivity index (χ1v) is 4.78. The Bertz CT molecular complexity index is 182. The minimum Gasteiger partial charge on any atom is -0.395 e. The molecule has 1 amide bonds. The first-order chi connectivity index (χ1) is 6.13. The molecule has 4 nitrogen and oxygen atoms in total. The van der Waals surface area contributed by atoms with Crippen LogP contribution in [0.15, 0.2) is 0 Å². The van der Waals surface area contributed by atoms with Gasteiger partial charge in [0.1, 0.15) is 0 Å². The highest BCUT2D eigenvalue weighted by Gasteiger charge is 2.27. The number of carbonyl (C=O) groups excluding carboxylic acids is 1. The van der Waals surface area contributed by atoms with Gasteiger partial charge < -0.3 is 10.4 Å². The zero-order valence-corrected chi connectivity index (χ0v) is 8.21. The van der Waals surface area contributed by atoms with Crippen LogP contribution in [0.5, 0.6) is 0 Å². The molecule has 76 valence electrons. The predicted octanol–water partition coefficient (Wildman–Crippen LogP) is -0.519. The van der Waals surface area contributed by atoms with Crippen molar-refractivity contribution in [2.24, 2.45) is 5.92 Å². The number of carbonyl (C=O) groups is 1. The van der Waals surface area contributed by atoms with Crippen LogP contribution in [-0.2, 0) is 4.79 Å². The smallest absolute Gasteiger partial charge is 0.237 e. The Labute approximate surface area is 78.7 Å². The maximum absolute atomic E-state index is 11.3. The van der Waals surface area contributed by atoms with Gasteiger partial charge in [0.2, 0.25) is 5.91 Å². The minimum atomic E-state index is -0.133. The molecule has 3 N–H and O–H groups in total. The lowest BCUT2D eigenvalue weighted by Crippen LogP contribution is -2.59. The van der Waals surface area contributed by atoms with Gasteiger partial charge in [0, 0.05) is 12.6 Å². The maximum atomic E-state index is 11.3. The Kier molecular flexibility index (Phi) is 3.69. The van der Waals surface area contributed by atoms with Gasteiger partial charge in [-0.1, -0.05) is 13.8 Å². The average Bonchev–Trinajstić information content (AvgIpc) is 2.08. The molecule has 0 aromatic heterocycles. The number of aliphatic hydroxyl groups excluding tert-OH is 1. The van der Waals surface area contributed by atoms with E-state index in [-0.39, 0.29) is 24.6 Å². The summed E-state index contributed by atoms with van der Waals surface area (Å²) in [6.07, 6.45) is 0.822. The van der Waals surface area contributed by atoms with Crippen molar-refractivity contribution in [2.45, 2.75) is 32.4 Å². The lowest BCUT2D eigenvalue weighted by atomic mass is 10.0. The van der Waals surface area contributed by atoms with Gasteiger partial charge in [-0.25, -0.2) is 0 Å². The van der Waals surface area contributed by atoms with Gasteiger partial charge in [-0.2, -0.15) is 0 Å². The summed E-state index contributed by atoms with van der Waals surface area (Å²) in [6, 6.07) is -0.118. The van der Waals surface area contributed by atoms with E-state index in [1.54, 1.807) is 0 Å². The monoisotopic (exact) mass is 186 g/mol. The van der Waals surface area contributed by atoms with E-state index in [0.29, 0.717) is 12.5 Å². The molecule has 1 saturated heterocycles. The average molecular weight is 186 g/mol. The third-order valence-corrected chi connectivity index (χ3v) is 2.20. The van der Waals surface area contributed by atoms with Crippen LogP contribution in [0.25, 0.3) is 0 Å². The molecule has 0 aromatic rings. The van der Waals surface area contributed by atoms with E-state index < -0.39 is 0 Å². The molecule has 0 radical (unpaired) electrons. The maximum Gasteiger partial charge on any atom is 0.237 e. The fourth-order valence-corrected chi connectivity index (χ4v) is 1.53. The van der Waals surface area contributed by atoms with Crippen molar-refractivity contribution in [3.63, 3.8) is 0 Å². The van der Waals surface area contributed by atoms with Crippen molar-refractivity contribution in [1.29, 1.82) is 0 Å². The lowest BCUT2D eigenvalue weighted by Gasteiger charge is -2.30. The Morgan fingerprint density at radius 1 is 1.62 bits per heavy atom. The van der Waals surface area contributed by atoms with E-state index in [0.717, 1.165) is 6.42 Å². The van der Waals surface area contributed by atoms with Crippen molar-refractivity contribution < 1.29 is 9.90 Å². The fourth-order valence-electron chi connectivity index (χ4n) is 1.53. The van der Waals surface area contributed by atoms with E-state index in [1.165, 1.54) is 0 Å². The molecule has 0 unspecified atom stereocenters. The summed E-state index contributed by atoms with van der Waals surface area (Å²) in [5.41, 5.74) is 0. The molecule has 4 heteroatoms. The van der Waals surface area contributed by atoms with E-state index in [4.69, 9.17) is 5.11 Å². The first kappa shape index (κ1) is 10.5. The molecule has 0 aliphatic carbocycles. The Balaban J connectivity index is 2.45. The molecule has 1 aliphatic heterocycles. The van der Waals surface area contributed by atoms with Crippen molar-refractivity contribution in [1.82, 2.24) is 10.6 Å². The van der Waals surface area contributed by atoms with Crippen LogP contribution in [0.4, 0.5) is 0 Å². The minimum absolute atomic E-state index is 0.0152. The zero-order chi connectivity index (χ0) is 9.84. The van der Waals surface area contributed by atoms with Gasteiger partial charge in [0.05, 0.1) is 12.6 Å². The van der Waals surface area contributed by atoms with Gasteiger partial charge in [0.25, 0.3) is 0 Å². The zero-order valence-electron chi connectivity index (χ0n) is 8.21. The fraction of sp³-hybridized carbons (Fsp3) is 0.889. The summed E-state index contributed by atoms with van der Waals surface area (Å²) in [5, 5.41) is 14.8. The third-order valence-electron chi connectivity index (χ3n) is 2.20. The van der Waals surface area contributed by atoms with Crippen LogP contribution >= 0.6 is 0 Å². The number of amides is 1. The van der Waals surface area contributed by atoms with Crippen LogP contribution in [0.1, 0.15) is 20.3 Å². The molecule has 1 heterocycles. The van der Waals surface area contributed by atoms with Gasteiger partial charge >= 0.3 is 0 Å². The van der Waals surface area contributed by atoms with Crippen LogP contribution in [-0.4, -0.2) is 36.2 Å². The van der Waals surface area contributed by atoms with Crippen LogP contribution in [0, 0.1) is 5.92 Å². The Morgan fingerprint density at radius 3 is 2.85 bits per heavy atom. The van der Waals surface area contributed by atoms with E-state index >= 15 is 0 Å². The normalized spacial score (nSPS) is 29.1. The Hall–Kier alpha value is -0.610. The predicted molar refractivity (Wildman–Crippen MR) is 50.3 cm³/mol. The van der Waals surface area contributed by atoms with E-state index in [2.05, 4.69) is 24.5 Å². The standard InChI is InChI=1S/C9H18N2O2/c1-6(2)3-8-9(13)10-4-7(5-12)11-8/h6-8,11-12H,3-5H2,1-2H3,(H,10,13)/t7-,8+/m1/s1. The molecule has 2 atom stereocenters. The number of nitrogens with one attached hydrogen (secondary N) is 2. The number of piperazine rings is 1. The van der Waals surface area contributed by atoms with Crippen LogP contribution in [0.2, 0.25) is 0 Å². The second-order valence-corrected chi connectivity index (χ2v) is 3.97. The molecular weight excluding hydrogens is 168 g/mol. The largest absolute Gasteiger partial charge is 0.395 e. The molecule has 0 spiro atoms. The summed E-state index contributed by atoms with van der Waals surface area (Å²) in [4.78, 5) is 11.3. The van der Waals surface area contributed by atoms with Crippen molar-refractivity contribution >= 4 is 5.91 Å².